The lowest BCUT2D eigenvalue weighted by molar-refractivity contribution is -0.384. The Morgan fingerprint density at radius 1 is 1.16 bits per heavy atom. The van der Waals surface area contributed by atoms with Crippen molar-refractivity contribution in [2.45, 2.75) is 6.18 Å². The Morgan fingerprint density at radius 2 is 1.81 bits per heavy atom. The highest BCUT2D eigenvalue weighted by atomic mass is 19.4. The summed E-state index contributed by atoms with van der Waals surface area (Å²) in [7, 11) is 3.65. The van der Waals surface area contributed by atoms with Crippen molar-refractivity contribution >= 4 is 11.6 Å². The molecule has 0 spiro atoms. The van der Waals surface area contributed by atoms with Gasteiger partial charge in [-0.1, -0.05) is 12.1 Å². The molecule has 0 aliphatic rings. The van der Waals surface area contributed by atoms with E-state index in [1.165, 1.54) is 24.3 Å². The highest BCUT2D eigenvalue weighted by molar-refractivity contribution is 5.99. The molecule has 0 saturated carbocycles. The standard InChI is InChI=1S/C21H19F3N4O4/c1-27(2)12-11-25-19(29)17-18(15-5-3-4-6-16(15)28(30)31)32-20(26-17)13-7-9-14(10-8-13)21(22,23)24/h3-10H,11-12H2,1-2H3,(H,25,29). The average molecular weight is 448 g/mol. The molecule has 168 valence electrons. The second-order valence-electron chi connectivity index (χ2n) is 7.11. The molecule has 0 saturated heterocycles. The fourth-order valence-electron chi connectivity index (χ4n) is 2.88. The Hall–Kier alpha value is -3.73. The number of alkyl halides is 3. The summed E-state index contributed by atoms with van der Waals surface area (Å²) >= 11 is 0. The SMILES string of the molecule is CN(C)CCNC(=O)c1nc(-c2ccc(C(F)(F)F)cc2)oc1-c1ccccc1[N+](=O)[O-]. The van der Waals surface area contributed by atoms with E-state index in [9.17, 15) is 28.1 Å². The first-order chi connectivity index (χ1) is 15.1. The van der Waals surface area contributed by atoms with Crippen LogP contribution in [0.2, 0.25) is 0 Å². The van der Waals surface area contributed by atoms with Crippen molar-refractivity contribution in [1.82, 2.24) is 15.2 Å². The smallest absolute Gasteiger partial charge is 0.416 e. The van der Waals surface area contributed by atoms with E-state index in [0.29, 0.717) is 6.54 Å². The van der Waals surface area contributed by atoms with E-state index in [1.54, 1.807) is 0 Å². The predicted octanol–water partition coefficient (Wildman–Crippen LogP) is 4.23. The first-order valence-electron chi connectivity index (χ1n) is 9.43. The molecule has 0 aliphatic carbocycles. The van der Waals surface area contributed by atoms with Crippen molar-refractivity contribution in [3.05, 3.63) is 69.9 Å². The molecule has 1 N–H and O–H groups in total. The van der Waals surface area contributed by atoms with Crippen LogP contribution in [0.4, 0.5) is 18.9 Å². The van der Waals surface area contributed by atoms with Crippen molar-refractivity contribution in [3.63, 3.8) is 0 Å². The maximum Gasteiger partial charge on any atom is 0.416 e. The molecule has 3 rings (SSSR count). The fraction of sp³-hybridized carbons (Fsp3) is 0.238. The van der Waals surface area contributed by atoms with Gasteiger partial charge in [0.05, 0.1) is 16.1 Å². The number of aromatic nitrogens is 1. The van der Waals surface area contributed by atoms with Crippen LogP contribution >= 0.6 is 0 Å². The molecule has 0 unspecified atom stereocenters. The summed E-state index contributed by atoms with van der Waals surface area (Å²) in [6.45, 7) is 0.820. The number of likely N-dealkylation sites (N-methyl/N-ethyl adjacent to an activating group) is 1. The summed E-state index contributed by atoms with van der Waals surface area (Å²) in [5.41, 5.74) is -1.14. The maximum atomic E-state index is 12.9. The Balaban J connectivity index is 2.06. The molecule has 1 aromatic heterocycles. The molecule has 1 heterocycles. The summed E-state index contributed by atoms with van der Waals surface area (Å²) in [5, 5.41) is 14.1. The zero-order chi connectivity index (χ0) is 23.5. The van der Waals surface area contributed by atoms with Gasteiger partial charge in [-0.2, -0.15) is 13.2 Å². The number of para-hydroxylation sites is 1. The molecule has 2 aromatic carbocycles. The van der Waals surface area contributed by atoms with Gasteiger partial charge in [-0.25, -0.2) is 4.98 Å². The number of oxazole rings is 1. The predicted molar refractivity (Wildman–Crippen MR) is 110 cm³/mol. The Labute approximate surface area is 180 Å². The van der Waals surface area contributed by atoms with Crippen LogP contribution in [0.3, 0.4) is 0 Å². The number of nitrogens with zero attached hydrogens (tertiary/aromatic N) is 3. The van der Waals surface area contributed by atoms with E-state index >= 15 is 0 Å². The van der Waals surface area contributed by atoms with Gasteiger partial charge in [0.2, 0.25) is 5.89 Å². The van der Waals surface area contributed by atoms with Gasteiger partial charge in [-0.15, -0.1) is 0 Å². The van der Waals surface area contributed by atoms with Crippen molar-refractivity contribution in [2.24, 2.45) is 0 Å². The lowest BCUT2D eigenvalue weighted by Gasteiger charge is -2.09. The number of rotatable bonds is 7. The topological polar surface area (TPSA) is 102 Å². The van der Waals surface area contributed by atoms with Crippen LogP contribution in [0.15, 0.2) is 52.9 Å². The number of hydrogen-bond acceptors (Lipinski definition) is 6. The van der Waals surface area contributed by atoms with E-state index in [-0.39, 0.29) is 40.7 Å². The number of carbonyl (C=O) groups is 1. The summed E-state index contributed by atoms with van der Waals surface area (Å²) in [5.74, 6) is -0.902. The minimum absolute atomic E-state index is 0.0286. The first-order valence-corrected chi connectivity index (χ1v) is 9.43. The monoisotopic (exact) mass is 448 g/mol. The minimum atomic E-state index is -4.51. The van der Waals surface area contributed by atoms with Gasteiger partial charge in [0, 0.05) is 24.7 Å². The van der Waals surface area contributed by atoms with Gasteiger partial charge >= 0.3 is 6.18 Å². The fourth-order valence-corrected chi connectivity index (χ4v) is 2.88. The van der Waals surface area contributed by atoms with Gasteiger partial charge in [0.1, 0.15) is 0 Å². The van der Waals surface area contributed by atoms with E-state index in [4.69, 9.17) is 4.42 Å². The molecule has 3 aromatic rings. The number of nitro groups is 1. The Kier molecular flexibility index (Phi) is 6.58. The number of nitrogens with one attached hydrogen (secondary N) is 1. The van der Waals surface area contributed by atoms with Crippen molar-refractivity contribution in [1.29, 1.82) is 0 Å². The lowest BCUT2D eigenvalue weighted by atomic mass is 10.1. The van der Waals surface area contributed by atoms with Gasteiger partial charge < -0.3 is 14.6 Å². The van der Waals surface area contributed by atoms with Gasteiger partial charge in [-0.05, 0) is 44.4 Å². The second-order valence-corrected chi connectivity index (χ2v) is 7.11. The molecule has 1 amide bonds. The van der Waals surface area contributed by atoms with Gasteiger partial charge in [-0.3, -0.25) is 14.9 Å². The third-order valence-electron chi connectivity index (χ3n) is 4.49. The lowest BCUT2D eigenvalue weighted by Crippen LogP contribution is -2.31. The third kappa shape index (κ3) is 5.11. The zero-order valence-corrected chi connectivity index (χ0v) is 17.1. The number of benzene rings is 2. The normalized spacial score (nSPS) is 11.6. The van der Waals surface area contributed by atoms with E-state index in [1.807, 2.05) is 19.0 Å². The minimum Gasteiger partial charge on any atom is -0.435 e. The van der Waals surface area contributed by atoms with E-state index < -0.39 is 22.6 Å². The van der Waals surface area contributed by atoms with Crippen LogP contribution in [-0.4, -0.2) is 47.9 Å². The quantitative estimate of drug-likeness (QED) is 0.429. The Morgan fingerprint density at radius 3 is 2.41 bits per heavy atom. The molecule has 0 aliphatic heterocycles. The van der Waals surface area contributed by atoms with Crippen LogP contribution in [0.25, 0.3) is 22.8 Å². The highest BCUT2D eigenvalue weighted by Gasteiger charge is 2.31. The summed E-state index contributed by atoms with van der Waals surface area (Å²) in [6.07, 6.45) is -4.51. The molecule has 0 fully saturated rings. The summed E-state index contributed by atoms with van der Waals surface area (Å²) in [4.78, 5) is 29.6. The molecular weight excluding hydrogens is 429 g/mol. The largest absolute Gasteiger partial charge is 0.435 e. The van der Waals surface area contributed by atoms with Crippen LogP contribution in [0.1, 0.15) is 16.1 Å². The number of carbonyl (C=O) groups excluding carboxylic acids is 1. The molecule has 32 heavy (non-hydrogen) atoms. The van der Waals surface area contributed by atoms with E-state index in [0.717, 1.165) is 24.3 Å². The number of nitro benzene ring substituents is 1. The van der Waals surface area contributed by atoms with Gasteiger partial charge in [0.15, 0.2) is 11.5 Å². The molecule has 0 atom stereocenters. The second kappa shape index (κ2) is 9.18. The van der Waals surface area contributed by atoms with Crippen molar-refractivity contribution in [2.75, 3.05) is 27.2 Å². The molecular formula is C21H19F3N4O4. The number of halogens is 3. The van der Waals surface area contributed by atoms with Crippen LogP contribution < -0.4 is 5.32 Å². The summed E-state index contributed by atoms with van der Waals surface area (Å²) < 4.78 is 44.2. The highest BCUT2D eigenvalue weighted by Crippen LogP contribution is 2.36. The van der Waals surface area contributed by atoms with Crippen LogP contribution in [0.5, 0.6) is 0 Å². The molecule has 0 bridgehead atoms. The maximum absolute atomic E-state index is 12.9. The zero-order valence-electron chi connectivity index (χ0n) is 17.1. The van der Waals surface area contributed by atoms with Crippen LogP contribution in [0, 0.1) is 10.1 Å². The first kappa shape index (κ1) is 22.9. The van der Waals surface area contributed by atoms with Crippen molar-refractivity contribution in [3.8, 4) is 22.8 Å². The average Bonchev–Trinajstić information content (AvgIpc) is 3.18. The summed E-state index contributed by atoms with van der Waals surface area (Å²) in [6, 6.07) is 9.70. The van der Waals surface area contributed by atoms with Crippen molar-refractivity contribution < 1.29 is 27.3 Å². The number of amides is 1. The molecule has 0 radical (unpaired) electrons. The van der Waals surface area contributed by atoms with Gasteiger partial charge in [0.25, 0.3) is 11.6 Å². The Bertz CT molecular complexity index is 1120. The molecule has 11 heteroatoms. The third-order valence-corrected chi connectivity index (χ3v) is 4.49. The van der Waals surface area contributed by atoms with Crippen LogP contribution in [-0.2, 0) is 6.18 Å². The van der Waals surface area contributed by atoms with E-state index in [2.05, 4.69) is 10.3 Å². The molecule has 8 nitrogen and oxygen atoms in total. The number of hydrogen-bond donors (Lipinski definition) is 1.